The fourth-order valence-electron chi connectivity index (χ4n) is 5.13. The second kappa shape index (κ2) is 12.2. The third-order valence-electron chi connectivity index (χ3n) is 7.43. The van der Waals surface area contributed by atoms with Crippen molar-refractivity contribution in [1.29, 1.82) is 0 Å². The number of fused-ring (bicyclic) bond motifs is 1. The van der Waals surface area contributed by atoms with E-state index in [0.717, 1.165) is 0 Å². The van der Waals surface area contributed by atoms with Gasteiger partial charge in [0, 0.05) is 25.3 Å². The minimum atomic E-state index is -0.804. The second-order valence-corrected chi connectivity index (χ2v) is 11.8. The number of likely N-dealkylation sites (N-methyl/N-ethyl adjacent to an activating group) is 1. The molecule has 2 saturated heterocycles. The van der Waals surface area contributed by atoms with Gasteiger partial charge >= 0.3 is 12.1 Å². The van der Waals surface area contributed by atoms with Crippen molar-refractivity contribution in [2.75, 3.05) is 32.1 Å². The number of carbonyl (C=O) groups is 4. The van der Waals surface area contributed by atoms with Gasteiger partial charge in [-0.2, -0.15) is 0 Å². The zero-order valence-electron chi connectivity index (χ0n) is 24.4. The number of para-hydroxylation sites is 1. The summed E-state index contributed by atoms with van der Waals surface area (Å²) in [4.78, 5) is 57.9. The summed E-state index contributed by atoms with van der Waals surface area (Å²) in [5.41, 5.74) is 0.0886. The van der Waals surface area contributed by atoms with Crippen LogP contribution < -0.4 is 20.9 Å². The molecule has 5 atom stereocenters. The molecule has 2 heterocycles. The predicted octanol–water partition coefficient (Wildman–Crippen LogP) is 2.17. The molecule has 1 aromatic carbocycles. The summed E-state index contributed by atoms with van der Waals surface area (Å²) < 4.78 is 5.98. The predicted molar refractivity (Wildman–Crippen MR) is 149 cm³/mol. The Kier molecular flexibility index (Phi) is 9.47. The summed E-state index contributed by atoms with van der Waals surface area (Å²) in [6.45, 7) is 11.7. The lowest BCUT2D eigenvalue weighted by Crippen LogP contribution is -2.59. The number of ether oxygens (including phenoxy) is 1. The first-order valence-electron chi connectivity index (χ1n) is 13.6. The smallest absolute Gasteiger partial charge is 0.414 e. The lowest BCUT2D eigenvalue weighted by molar-refractivity contribution is -0.141. The van der Waals surface area contributed by atoms with E-state index in [2.05, 4.69) is 16.0 Å². The molecule has 1 aromatic rings. The first-order chi connectivity index (χ1) is 18.3. The molecule has 2 aliphatic heterocycles. The Morgan fingerprint density at radius 2 is 1.67 bits per heavy atom. The molecule has 39 heavy (non-hydrogen) atoms. The van der Waals surface area contributed by atoms with Crippen LogP contribution in [0.4, 0.5) is 15.3 Å². The number of hydrogen-bond acceptors (Lipinski definition) is 6. The Morgan fingerprint density at radius 3 is 2.23 bits per heavy atom. The van der Waals surface area contributed by atoms with Gasteiger partial charge in [-0.25, -0.2) is 9.59 Å². The fourth-order valence-corrected chi connectivity index (χ4v) is 5.13. The van der Waals surface area contributed by atoms with E-state index in [0.29, 0.717) is 18.7 Å². The van der Waals surface area contributed by atoms with Gasteiger partial charge < -0.3 is 30.5 Å². The molecular weight excluding hydrogens is 500 g/mol. The quantitative estimate of drug-likeness (QED) is 0.484. The Morgan fingerprint density at radius 1 is 1.03 bits per heavy atom. The molecule has 2 fully saturated rings. The molecule has 2 aliphatic rings. The summed E-state index contributed by atoms with van der Waals surface area (Å²) in [5.74, 6) is -0.534. The van der Waals surface area contributed by atoms with Crippen molar-refractivity contribution in [3.8, 4) is 0 Å². The lowest BCUT2D eigenvalue weighted by atomic mass is 9.85. The van der Waals surface area contributed by atoms with Crippen LogP contribution in [0.15, 0.2) is 30.3 Å². The average Bonchev–Trinajstić information content (AvgIpc) is 3.46. The molecule has 0 saturated carbocycles. The van der Waals surface area contributed by atoms with Gasteiger partial charge in [-0.1, -0.05) is 39.0 Å². The summed E-state index contributed by atoms with van der Waals surface area (Å²) >= 11 is 0. The van der Waals surface area contributed by atoms with Crippen LogP contribution in [0, 0.1) is 5.41 Å². The topological polar surface area (TPSA) is 123 Å². The van der Waals surface area contributed by atoms with E-state index in [1.54, 1.807) is 43.0 Å². The number of hydrogen-bond donors (Lipinski definition) is 3. The van der Waals surface area contributed by atoms with Crippen molar-refractivity contribution >= 4 is 29.6 Å². The third-order valence-corrected chi connectivity index (χ3v) is 7.43. The highest BCUT2D eigenvalue weighted by Crippen LogP contribution is 2.36. The molecule has 0 spiro atoms. The number of carbonyl (C=O) groups excluding carboxylic acids is 4. The lowest BCUT2D eigenvalue weighted by Gasteiger charge is -2.37. The molecule has 3 N–H and O–H groups in total. The maximum Gasteiger partial charge on any atom is 0.414 e. The second-order valence-electron chi connectivity index (χ2n) is 11.8. The van der Waals surface area contributed by atoms with Crippen molar-refractivity contribution in [2.24, 2.45) is 5.41 Å². The van der Waals surface area contributed by atoms with Crippen molar-refractivity contribution in [1.82, 2.24) is 25.8 Å². The Labute approximate surface area is 231 Å². The molecule has 11 nitrogen and oxygen atoms in total. The first-order valence-corrected chi connectivity index (χ1v) is 13.6. The van der Waals surface area contributed by atoms with Gasteiger partial charge in [0.1, 0.15) is 12.1 Å². The SMILES string of the molecule is CN[C@@H](C)C(=O)NC(C(=O)N1CC[C@@H]2[C@H]1[C@@H](OC(=O)N(C)c1ccccc1)CN2C(=O)NC(C)C)C(C)(C)C. The number of rotatable bonds is 7. The van der Waals surface area contributed by atoms with Crippen LogP contribution in [0.1, 0.15) is 48.0 Å². The number of nitrogens with one attached hydrogen (secondary N) is 3. The fraction of sp³-hybridized carbons (Fsp3) is 0.643. The van der Waals surface area contributed by atoms with Gasteiger partial charge in [0.2, 0.25) is 11.8 Å². The molecule has 216 valence electrons. The van der Waals surface area contributed by atoms with Crippen molar-refractivity contribution in [3.63, 3.8) is 0 Å². The van der Waals surface area contributed by atoms with E-state index in [4.69, 9.17) is 4.74 Å². The van der Waals surface area contributed by atoms with Crippen LogP contribution in [-0.2, 0) is 14.3 Å². The summed E-state index contributed by atoms with van der Waals surface area (Å²) in [6, 6.07) is 6.66. The number of anilines is 1. The van der Waals surface area contributed by atoms with Crippen LogP contribution in [0.3, 0.4) is 0 Å². The Hall–Kier alpha value is -3.34. The van der Waals surface area contributed by atoms with Crippen LogP contribution >= 0.6 is 0 Å². The zero-order valence-corrected chi connectivity index (χ0v) is 24.4. The molecule has 5 amide bonds. The molecule has 0 aromatic heterocycles. The highest BCUT2D eigenvalue weighted by atomic mass is 16.6. The number of amides is 5. The molecule has 0 bridgehead atoms. The van der Waals surface area contributed by atoms with Gasteiger partial charge in [-0.3, -0.25) is 14.5 Å². The molecule has 0 aliphatic carbocycles. The monoisotopic (exact) mass is 544 g/mol. The summed E-state index contributed by atoms with van der Waals surface area (Å²) in [5, 5.41) is 8.75. The maximum absolute atomic E-state index is 14.0. The highest BCUT2D eigenvalue weighted by molar-refractivity contribution is 5.91. The van der Waals surface area contributed by atoms with Gasteiger partial charge in [0.25, 0.3) is 0 Å². The van der Waals surface area contributed by atoms with Gasteiger partial charge in [0.05, 0.1) is 24.7 Å². The zero-order chi connectivity index (χ0) is 29.1. The number of likely N-dealkylation sites (tertiary alicyclic amines) is 2. The van der Waals surface area contributed by atoms with Crippen molar-refractivity contribution in [3.05, 3.63) is 30.3 Å². The van der Waals surface area contributed by atoms with Crippen LogP contribution in [0.25, 0.3) is 0 Å². The average molecular weight is 545 g/mol. The molecule has 0 radical (unpaired) electrons. The van der Waals surface area contributed by atoms with E-state index in [1.807, 2.05) is 52.8 Å². The number of nitrogens with zero attached hydrogens (tertiary/aromatic N) is 3. The molecule has 1 unspecified atom stereocenters. The minimum absolute atomic E-state index is 0.0736. The van der Waals surface area contributed by atoms with Crippen LogP contribution in [0.5, 0.6) is 0 Å². The van der Waals surface area contributed by atoms with E-state index >= 15 is 0 Å². The molecule has 11 heteroatoms. The highest BCUT2D eigenvalue weighted by Gasteiger charge is 2.55. The van der Waals surface area contributed by atoms with Crippen molar-refractivity contribution < 1.29 is 23.9 Å². The third kappa shape index (κ3) is 6.81. The van der Waals surface area contributed by atoms with Crippen molar-refractivity contribution in [2.45, 2.75) is 84.3 Å². The number of benzene rings is 1. The molecule has 3 rings (SSSR count). The minimum Gasteiger partial charge on any atom is -0.442 e. The van der Waals surface area contributed by atoms with Gasteiger partial charge in [-0.15, -0.1) is 0 Å². The van der Waals surface area contributed by atoms with E-state index in [9.17, 15) is 19.2 Å². The maximum atomic E-state index is 14.0. The largest absolute Gasteiger partial charge is 0.442 e. The van der Waals surface area contributed by atoms with E-state index < -0.39 is 35.7 Å². The summed E-state index contributed by atoms with van der Waals surface area (Å²) in [6.07, 6.45) is -0.758. The molecular formula is C28H44N6O5. The Balaban J connectivity index is 1.89. The normalized spacial score (nSPS) is 22.2. The van der Waals surface area contributed by atoms with Gasteiger partial charge in [0.15, 0.2) is 0 Å². The van der Waals surface area contributed by atoms with E-state index in [1.165, 1.54) is 4.90 Å². The Bertz CT molecular complexity index is 1040. The number of urea groups is 1. The van der Waals surface area contributed by atoms with Crippen LogP contribution in [-0.4, -0.2) is 97.2 Å². The van der Waals surface area contributed by atoms with Gasteiger partial charge in [-0.05, 0) is 51.8 Å². The van der Waals surface area contributed by atoms with E-state index in [-0.39, 0.29) is 36.5 Å². The summed E-state index contributed by atoms with van der Waals surface area (Å²) in [7, 11) is 3.31. The van der Waals surface area contributed by atoms with Crippen LogP contribution in [0.2, 0.25) is 0 Å². The first kappa shape index (κ1) is 30.2. The standard InChI is InChI=1S/C28H44N6O5/c1-17(2)30-26(37)34-16-21(39-27(38)32(8)19-12-10-9-11-13-19)22-20(34)14-15-33(22)25(36)23(28(4,5)6)31-24(35)18(3)29-7/h9-13,17-18,20-23,29H,14-16H2,1-8H3,(H,30,37)(H,31,35)/t18-,20+,21-,22-,23?/m0/s1.